The van der Waals surface area contributed by atoms with E-state index in [2.05, 4.69) is 0 Å². The molecule has 0 amide bonds. The van der Waals surface area contributed by atoms with Gasteiger partial charge in [0.1, 0.15) is 31.6 Å². The van der Waals surface area contributed by atoms with Gasteiger partial charge in [0.05, 0.1) is 0 Å². The zero-order valence-electron chi connectivity index (χ0n) is 10.7. The van der Waals surface area contributed by atoms with E-state index in [1.807, 2.05) is 0 Å². The summed E-state index contributed by atoms with van der Waals surface area (Å²) in [5.41, 5.74) is 0. The van der Waals surface area contributed by atoms with Crippen LogP contribution in [0.15, 0.2) is 0 Å². The second-order valence-electron chi connectivity index (χ2n) is 1.72. The minimum atomic E-state index is -5.64. The fourth-order valence-corrected chi connectivity index (χ4v) is 0. The van der Waals surface area contributed by atoms with Gasteiger partial charge in [0.2, 0.25) is 0 Å². The molecule has 0 atom stereocenters. The Balaban J connectivity index is -0.0000000284. The first-order chi connectivity index (χ1) is 8.00. The molecule has 0 aliphatic heterocycles. The molecule has 0 aromatic rings. The van der Waals surface area contributed by atoms with E-state index in [1.54, 1.807) is 0 Å². The van der Waals surface area contributed by atoms with Crippen molar-refractivity contribution in [2.75, 3.05) is 0 Å². The molecule has 12 nitrogen and oxygen atoms in total. The number of hydrogen-bond donors (Lipinski definition) is 0. The molecule has 132 valence electrons. The molecule has 0 radical (unpaired) electrons. The first-order valence-electron chi connectivity index (χ1n) is 2.87. The summed E-state index contributed by atoms with van der Waals surface area (Å²) in [5.74, 6) is 0. The fraction of sp³-hybridized carbons (Fsp3) is 0. The summed E-state index contributed by atoms with van der Waals surface area (Å²) in [4.78, 5) is 67.5. The van der Waals surface area contributed by atoms with Crippen molar-refractivity contribution < 1.29 is 243 Å². The molecule has 23 heteroatoms. The van der Waals surface area contributed by atoms with E-state index in [0.717, 1.165) is 0 Å². The van der Waals surface area contributed by atoms with Crippen LogP contribution < -0.4 is 177 Å². The Morgan fingerprint density at radius 3 is 0.435 bits per heavy atom. The van der Waals surface area contributed by atoms with Gasteiger partial charge in [-0.3, -0.25) is 0 Å². The van der Waals surface area contributed by atoms with Gasteiger partial charge in [-0.2, -0.15) is 0 Å². The Kier molecular flexibility index (Phi) is 44.9. The predicted molar refractivity (Wildman–Crippen MR) is 34.9 cm³/mol. The summed E-state index contributed by atoms with van der Waals surface area (Å²) < 4.78 is 74.3. The molecule has 0 heterocycles. The molecular formula is Cs2F4O12P4U-6. The largest absolute Gasteiger partial charge is 1.00 e. The third kappa shape index (κ3) is 595. The molecule has 0 unspecified atom stereocenters. The van der Waals surface area contributed by atoms with Gasteiger partial charge in [0.15, 0.2) is 0 Å². The summed E-state index contributed by atoms with van der Waals surface area (Å²) in [6, 6.07) is 0. The minimum absolute atomic E-state index is 0. The zero-order chi connectivity index (χ0) is 18.0. The second kappa shape index (κ2) is 22.2. The molecule has 23 heavy (non-hydrogen) atoms. The summed E-state index contributed by atoms with van der Waals surface area (Å²) >= 11 is 0. The number of rotatable bonds is 0. The Bertz CT molecular complexity index is 308. The van der Waals surface area contributed by atoms with E-state index in [0.29, 0.717) is 0 Å². The van der Waals surface area contributed by atoms with Crippen molar-refractivity contribution in [3.8, 4) is 0 Å². The topological polar surface area (TPSA) is 253 Å². The quantitative estimate of drug-likeness (QED) is 0.162. The van der Waals surface area contributed by atoms with Crippen LogP contribution in [0.2, 0.25) is 0 Å². The molecule has 0 aliphatic carbocycles. The van der Waals surface area contributed by atoms with Crippen molar-refractivity contribution in [2.45, 2.75) is 0 Å². The van der Waals surface area contributed by atoms with Gasteiger partial charge in [0, 0.05) is 31.1 Å². The SMILES string of the molecule is O=P([O-])([O-])F.O=P([O-])([O-])F.O=P([O-])([O-])F.O=P([O-])([O-])F.[Cs+].[Cs+].[U]. The van der Waals surface area contributed by atoms with Crippen LogP contribution in [0.4, 0.5) is 16.8 Å². The van der Waals surface area contributed by atoms with Gasteiger partial charge in [0.25, 0.3) is 0 Å². The average molecular weight is 896 g/mol. The Morgan fingerprint density at radius 2 is 0.435 bits per heavy atom. The van der Waals surface area contributed by atoms with E-state index in [4.69, 9.17) is 57.4 Å². The molecule has 0 aromatic carbocycles. The zero-order valence-corrected chi connectivity index (χ0v) is 31.0. The third-order valence-corrected chi connectivity index (χ3v) is 0. The maximum Gasteiger partial charge on any atom is 1.00 e. The van der Waals surface area contributed by atoms with E-state index in [-0.39, 0.29) is 169 Å². The molecule has 0 N–H and O–H groups in total. The summed E-state index contributed by atoms with van der Waals surface area (Å²) in [6.07, 6.45) is 0. The van der Waals surface area contributed by atoms with Crippen molar-refractivity contribution >= 4 is 31.6 Å². The van der Waals surface area contributed by atoms with Crippen molar-refractivity contribution in [3.63, 3.8) is 0 Å². The van der Waals surface area contributed by atoms with Gasteiger partial charge in [-0.15, -0.1) is 0 Å². The molecule has 0 rings (SSSR count). The van der Waals surface area contributed by atoms with E-state index in [1.165, 1.54) is 0 Å². The van der Waals surface area contributed by atoms with Crippen LogP contribution in [-0.2, 0) is 18.3 Å². The molecule has 0 saturated heterocycles. The Morgan fingerprint density at radius 1 is 0.435 bits per heavy atom. The maximum absolute atomic E-state index is 10.1. The average Bonchev–Trinajstić information content (AvgIpc) is 1.62. The van der Waals surface area contributed by atoms with Crippen LogP contribution in [0.3, 0.4) is 0 Å². The van der Waals surface area contributed by atoms with Crippen molar-refractivity contribution in [1.82, 2.24) is 0 Å². The summed E-state index contributed by atoms with van der Waals surface area (Å²) in [6.45, 7) is 0. The van der Waals surface area contributed by atoms with Gasteiger partial charge >= 0.3 is 138 Å². The Labute approximate surface area is 267 Å². The molecule has 0 aromatic heterocycles. The van der Waals surface area contributed by atoms with Gasteiger partial charge in [-0.1, -0.05) is 0 Å². The van der Waals surface area contributed by atoms with E-state index >= 15 is 0 Å². The third-order valence-electron chi connectivity index (χ3n) is 0. The molecule has 0 bridgehead atoms. The van der Waals surface area contributed by atoms with Crippen LogP contribution in [0, 0.1) is 31.1 Å². The first kappa shape index (κ1) is 46.6. The van der Waals surface area contributed by atoms with E-state index in [9.17, 15) is 16.8 Å². The summed E-state index contributed by atoms with van der Waals surface area (Å²) in [5, 5.41) is 0. The molecule has 0 saturated carbocycles. The van der Waals surface area contributed by atoms with Gasteiger partial charge < -0.3 is 57.4 Å². The predicted octanol–water partition coefficient (Wildman–Crippen LogP) is -10.9. The molecule has 0 aliphatic rings. The fourth-order valence-electron chi connectivity index (χ4n) is 0. The Hall–Kier alpha value is 5.48. The standard InChI is InChI=1S/2Cs.4FH2O3P.U/c;;4*1-5(2,3)4;/h;;4*(H2,2,3,4);/q2*+1;;;;;/p-8. The first-order valence-corrected chi connectivity index (χ1v) is 8.60. The van der Waals surface area contributed by atoms with Crippen LogP contribution in [0.5, 0.6) is 0 Å². The molecule has 0 spiro atoms. The number of hydrogen-bond acceptors (Lipinski definition) is 12. The molecular weight excluding hydrogens is 896 g/mol. The summed E-state index contributed by atoms with van der Waals surface area (Å²) in [7, 11) is -22.6. The van der Waals surface area contributed by atoms with Crippen LogP contribution in [0.25, 0.3) is 0 Å². The minimum Gasteiger partial charge on any atom is -0.786 e. The smallest absolute Gasteiger partial charge is 0.786 e. The van der Waals surface area contributed by atoms with Crippen LogP contribution in [-0.4, -0.2) is 0 Å². The number of halogens is 4. The van der Waals surface area contributed by atoms with Gasteiger partial charge in [-0.25, -0.2) is 16.8 Å². The van der Waals surface area contributed by atoms with Crippen LogP contribution in [0.1, 0.15) is 0 Å². The van der Waals surface area contributed by atoms with Crippen molar-refractivity contribution in [3.05, 3.63) is 0 Å². The van der Waals surface area contributed by atoms with E-state index < -0.39 is 31.6 Å². The monoisotopic (exact) mass is 896 g/mol. The molecule has 0 fully saturated rings. The normalized spacial score (nSPS) is 10.3. The maximum atomic E-state index is 10.1. The van der Waals surface area contributed by atoms with Crippen molar-refractivity contribution in [2.24, 2.45) is 0 Å². The van der Waals surface area contributed by atoms with Gasteiger partial charge in [-0.05, 0) is 0 Å². The van der Waals surface area contributed by atoms with Crippen molar-refractivity contribution in [1.29, 1.82) is 0 Å². The van der Waals surface area contributed by atoms with Crippen LogP contribution >= 0.6 is 31.6 Å². The second-order valence-corrected chi connectivity index (χ2v) is 5.17.